The molecule has 1 atom stereocenters. The lowest BCUT2D eigenvalue weighted by Crippen LogP contribution is -2.31. The van der Waals surface area contributed by atoms with Crippen LogP contribution in [0.15, 0.2) is 72.8 Å². The number of halogens is 2. The van der Waals surface area contributed by atoms with E-state index in [1.165, 1.54) is 6.07 Å². The number of hydrogen-bond donors (Lipinski definition) is 2. The van der Waals surface area contributed by atoms with Crippen molar-refractivity contribution in [2.24, 2.45) is 0 Å². The zero-order valence-corrected chi connectivity index (χ0v) is 16.8. The van der Waals surface area contributed by atoms with Crippen LogP contribution < -0.4 is 10.6 Å². The van der Waals surface area contributed by atoms with E-state index in [0.29, 0.717) is 5.56 Å². The van der Waals surface area contributed by atoms with E-state index in [-0.39, 0.29) is 22.7 Å². The average molecular weight is 442 g/mol. The smallest absolute Gasteiger partial charge is 0.306 e. The van der Waals surface area contributed by atoms with Crippen LogP contribution in [0.1, 0.15) is 28.4 Å². The summed E-state index contributed by atoms with van der Waals surface area (Å²) in [6, 6.07) is 17.7. The van der Waals surface area contributed by atoms with Crippen molar-refractivity contribution in [2.75, 3.05) is 5.32 Å². The summed E-state index contributed by atoms with van der Waals surface area (Å²) in [4.78, 5) is 35.3. The maximum Gasteiger partial charge on any atom is 0.306 e. The highest BCUT2D eigenvalue weighted by molar-refractivity contribution is 6.33. The molecular formula is C22H17ClFN3O4. The van der Waals surface area contributed by atoms with E-state index in [0.717, 1.165) is 12.1 Å². The summed E-state index contributed by atoms with van der Waals surface area (Å²) in [5.74, 6) is -1.98. The van der Waals surface area contributed by atoms with Crippen molar-refractivity contribution in [1.29, 1.82) is 0 Å². The summed E-state index contributed by atoms with van der Waals surface area (Å²) in [7, 11) is 0. The molecule has 0 saturated heterocycles. The fourth-order valence-corrected chi connectivity index (χ4v) is 3.17. The molecule has 0 heterocycles. The molecule has 3 aromatic carbocycles. The topological polar surface area (TPSA) is 101 Å². The molecule has 3 aromatic rings. The highest BCUT2D eigenvalue weighted by Gasteiger charge is 2.21. The van der Waals surface area contributed by atoms with Crippen LogP contribution in [0.3, 0.4) is 0 Å². The predicted molar refractivity (Wildman–Crippen MR) is 114 cm³/mol. The molecule has 0 spiro atoms. The van der Waals surface area contributed by atoms with Crippen LogP contribution in [0.25, 0.3) is 0 Å². The van der Waals surface area contributed by atoms with E-state index in [1.54, 1.807) is 54.6 Å². The number of nitrogens with one attached hydrogen (secondary N) is 2. The number of benzene rings is 3. The second-order valence-corrected chi connectivity index (χ2v) is 7.00. The van der Waals surface area contributed by atoms with Crippen LogP contribution in [-0.2, 0) is 4.79 Å². The molecule has 9 heteroatoms. The van der Waals surface area contributed by atoms with Gasteiger partial charge in [-0.15, -0.1) is 0 Å². The van der Waals surface area contributed by atoms with Crippen LogP contribution in [0.4, 0.5) is 15.8 Å². The van der Waals surface area contributed by atoms with Gasteiger partial charge in [-0.2, -0.15) is 4.39 Å². The SMILES string of the molecule is O=C(CC(NC(=O)c1ccccc1Cl)c1ccccc1)Nc1ccc(F)c([N+](=O)[O-])c1. The van der Waals surface area contributed by atoms with Crippen LogP contribution in [0.5, 0.6) is 0 Å². The molecule has 0 aliphatic heterocycles. The third-order valence-corrected chi connectivity index (χ3v) is 4.77. The first-order valence-electron chi connectivity index (χ1n) is 9.19. The number of amides is 2. The van der Waals surface area contributed by atoms with Gasteiger partial charge >= 0.3 is 5.69 Å². The zero-order chi connectivity index (χ0) is 22.4. The maximum atomic E-state index is 13.5. The molecule has 0 saturated carbocycles. The Morgan fingerprint density at radius 3 is 2.39 bits per heavy atom. The lowest BCUT2D eigenvalue weighted by molar-refractivity contribution is -0.387. The molecule has 0 aliphatic carbocycles. The zero-order valence-electron chi connectivity index (χ0n) is 16.0. The van der Waals surface area contributed by atoms with Gasteiger partial charge in [-0.05, 0) is 29.8 Å². The van der Waals surface area contributed by atoms with E-state index < -0.39 is 34.3 Å². The molecule has 0 aromatic heterocycles. The summed E-state index contributed by atoms with van der Waals surface area (Å²) in [5.41, 5.74) is 0.273. The molecule has 2 amide bonds. The minimum absolute atomic E-state index is 0.0716. The highest BCUT2D eigenvalue weighted by Crippen LogP contribution is 2.24. The van der Waals surface area contributed by atoms with Gasteiger partial charge in [0.25, 0.3) is 5.91 Å². The second kappa shape index (κ2) is 9.82. The van der Waals surface area contributed by atoms with Crippen molar-refractivity contribution in [1.82, 2.24) is 5.32 Å². The Bertz CT molecular complexity index is 1120. The van der Waals surface area contributed by atoms with Crippen LogP contribution in [0.2, 0.25) is 5.02 Å². The lowest BCUT2D eigenvalue weighted by atomic mass is 10.0. The molecule has 0 bridgehead atoms. The minimum Gasteiger partial charge on any atom is -0.345 e. The molecule has 3 rings (SSSR count). The van der Waals surface area contributed by atoms with Crippen LogP contribution >= 0.6 is 11.6 Å². The van der Waals surface area contributed by atoms with Gasteiger partial charge in [-0.1, -0.05) is 54.1 Å². The molecule has 7 nitrogen and oxygen atoms in total. The van der Waals surface area contributed by atoms with Gasteiger partial charge in [0.2, 0.25) is 11.7 Å². The quantitative estimate of drug-likeness (QED) is 0.402. The molecule has 0 radical (unpaired) electrons. The normalized spacial score (nSPS) is 11.4. The van der Waals surface area contributed by atoms with Crippen molar-refractivity contribution in [3.63, 3.8) is 0 Å². The van der Waals surface area contributed by atoms with E-state index in [1.807, 2.05) is 0 Å². The van der Waals surface area contributed by atoms with Crippen molar-refractivity contribution < 1.29 is 18.9 Å². The van der Waals surface area contributed by atoms with Gasteiger partial charge in [-0.25, -0.2) is 0 Å². The van der Waals surface area contributed by atoms with Crippen molar-refractivity contribution in [3.05, 3.63) is 105 Å². The number of nitro benzene ring substituents is 1. The third-order valence-electron chi connectivity index (χ3n) is 4.44. The monoisotopic (exact) mass is 441 g/mol. The van der Waals surface area contributed by atoms with Gasteiger partial charge in [0.15, 0.2) is 0 Å². The summed E-state index contributed by atoms with van der Waals surface area (Å²) in [6.07, 6.45) is -0.161. The van der Waals surface area contributed by atoms with E-state index in [4.69, 9.17) is 11.6 Å². The van der Waals surface area contributed by atoms with Crippen molar-refractivity contribution in [3.8, 4) is 0 Å². The first-order valence-corrected chi connectivity index (χ1v) is 9.57. The maximum absolute atomic E-state index is 13.5. The number of hydrogen-bond acceptors (Lipinski definition) is 4. The number of nitro groups is 1. The predicted octanol–water partition coefficient (Wildman–Crippen LogP) is 4.89. The second-order valence-electron chi connectivity index (χ2n) is 6.59. The summed E-state index contributed by atoms with van der Waals surface area (Å²) in [5, 5.41) is 16.5. The molecule has 158 valence electrons. The molecule has 0 fully saturated rings. The van der Waals surface area contributed by atoms with E-state index >= 15 is 0 Å². The number of rotatable bonds is 7. The van der Waals surface area contributed by atoms with Crippen molar-refractivity contribution >= 4 is 34.8 Å². The largest absolute Gasteiger partial charge is 0.345 e. The molecular weight excluding hydrogens is 425 g/mol. The highest BCUT2D eigenvalue weighted by atomic mass is 35.5. The molecule has 0 aliphatic rings. The summed E-state index contributed by atoms with van der Waals surface area (Å²) in [6.45, 7) is 0. The first kappa shape index (κ1) is 21.9. The minimum atomic E-state index is -1.00. The van der Waals surface area contributed by atoms with Gasteiger partial charge in [-0.3, -0.25) is 19.7 Å². The van der Waals surface area contributed by atoms with E-state index in [9.17, 15) is 24.1 Å². The Morgan fingerprint density at radius 1 is 1.03 bits per heavy atom. The molecule has 1 unspecified atom stereocenters. The van der Waals surface area contributed by atoms with Gasteiger partial charge < -0.3 is 10.6 Å². The summed E-state index contributed by atoms with van der Waals surface area (Å²) >= 11 is 6.09. The Hall–Kier alpha value is -3.78. The summed E-state index contributed by atoms with van der Waals surface area (Å²) < 4.78 is 13.5. The van der Waals surface area contributed by atoms with Crippen molar-refractivity contribution in [2.45, 2.75) is 12.5 Å². The standard InChI is InChI=1S/C22H17ClFN3O4/c23-17-9-5-4-8-16(17)22(29)26-19(14-6-2-1-3-7-14)13-21(28)25-15-10-11-18(24)20(12-15)27(30)31/h1-12,19H,13H2,(H,25,28)(H,26,29). The number of anilines is 1. The molecule has 31 heavy (non-hydrogen) atoms. The van der Waals surface area contributed by atoms with Crippen LogP contribution in [0, 0.1) is 15.9 Å². The molecule has 2 N–H and O–H groups in total. The first-order chi connectivity index (χ1) is 14.8. The van der Waals surface area contributed by atoms with E-state index in [2.05, 4.69) is 10.6 Å². The number of nitrogens with zero attached hydrogens (tertiary/aromatic N) is 1. The lowest BCUT2D eigenvalue weighted by Gasteiger charge is -2.19. The Kier molecular flexibility index (Phi) is 6.94. The van der Waals surface area contributed by atoms with Gasteiger partial charge in [0.1, 0.15) is 0 Å². The number of carbonyl (C=O) groups excluding carboxylic acids is 2. The fourth-order valence-electron chi connectivity index (χ4n) is 2.95. The number of carbonyl (C=O) groups is 2. The Balaban J connectivity index is 1.78. The fraction of sp³-hybridized carbons (Fsp3) is 0.0909. The Labute approximate surface area is 182 Å². The Morgan fingerprint density at radius 2 is 1.71 bits per heavy atom. The van der Waals surface area contributed by atoms with Crippen LogP contribution in [-0.4, -0.2) is 16.7 Å². The third kappa shape index (κ3) is 5.64. The van der Waals surface area contributed by atoms with Gasteiger partial charge in [0.05, 0.1) is 28.0 Å². The van der Waals surface area contributed by atoms with Gasteiger partial charge in [0, 0.05) is 11.8 Å². The average Bonchev–Trinajstić information content (AvgIpc) is 2.75.